The van der Waals surface area contributed by atoms with Crippen LogP contribution < -0.4 is 5.32 Å². The van der Waals surface area contributed by atoms with E-state index in [1.54, 1.807) is 0 Å². The molecule has 1 saturated carbocycles. The van der Waals surface area contributed by atoms with E-state index in [2.05, 4.69) is 37.9 Å². The van der Waals surface area contributed by atoms with Crippen molar-refractivity contribution in [3.63, 3.8) is 0 Å². The molecule has 0 aromatic heterocycles. The van der Waals surface area contributed by atoms with Crippen LogP contribution in [0.25, 0.3) is 0 Å². The van der Waals surface area contributed by atoms with E-state index in [1.165, 1.54) is 32.1 Å². The molecule has 1 amide bonds. The van der Waals surface area contributed by atoms with Crippen molar-refractivity contribution in [2.24, 2.45) is 0 Å². The zero-order chi connectivity index (χ0) is 13.6. The summed E-state index contributed by atoms with van der Waals surface area (Å²) < 4.78 is 0. The lowest BCUT2D eigenvalue weighted by molar-refractivity contribution is -0.124. The van der Waals surface area contributed by atoms with Crippen LogP contribution in [0.1, 0.15) is 66.2 Å². The highest BCUT2D eigenvalue weighted by molar-refractivity contribution is 5.78. The number of likely N-dealkylation sites (N-methyl/N-ethyl adjacent to an activating group) is 1. The van der Waals surface area contributed by atoms with Crippen LogP contribution in [0.4, 0.5) is 0 Å². The Balaban J connectivity index is 2.44. The largest absolute Gasteiger partial charge is 0.350 e. The molecule has 18 heavy (non-hydrogen) atoms. The van der Waals surface area contributed by atoms with Gasteiger partial charge in [-0.25, -0.2) is 0 Å². The van der Waals surface area contributed by atoms with Gasteiger partial charge in [0.05, 0.1) is 6.54 Å². The fraction of sp³-hybridized carbons (Fsp3) is 0.933. The van der Waals surface area contributed by atoms with Crippen LogP contribution in [-0.2, 0) is 4.79 Å². The third-order valence-corrected chi connectivity index (χ3v) is 4.21. The fourth-order valence-corrected chi connectivity index (χ4v) is 2.64. The standard InChI is InChI=1S/C15H30N2O/c1-5-15(3,4)16-14(18)12-17(6-2)13-10-8-7-9-11-13/h13H,5-12H2,1-4H3,(H,16,18). The van der Waals surface area contributed by atoms with Crippen LogP contribution in [0.15, 0.2) is 0 Å². The van der Waals surface area contributed by atoms with Gasteiger partial charge in [-0.05, 0) is 39.7 Å². The van der Waals surface area contributed by atoms with Gasteiger partial charge in [0, 0.05) is 11.6 Å². The van der Waals surface area contributed by atoms with E-state index in [4.69, 9.17) is 0 Å². The maximum absolute atomic E-state index is 12.1. The number of hydrogen-bond acceptors (Lipinski definition) is 2. The average molecular weight is 254 g/mol. The predicted molar refractivity (Wildman–Crippen MR) is 76.6 cm³/mol. The Morgan fingerprint density at radius 3 is 2.33 bits per heavy atom. The summed E-state index contributed by atoms with van der Waals surface area (Å²) in [6, 6.07) is 0.624. The SMILES string of the molecule is CCN(CC(=O)NC(C)(C)CC)C1CCCCC1. The molecule has 1 rings (SSSR count). The molecule has 0 unspecified atom stereocenters. The van der Waals surface area contributed by atoms with Gasteiger partial charge in [-0.3, -0.25) is 9.69 Å². The molecule has 0 atom stereocenters. The molecule has 106 valence electrons. The third-order valence-electron chi connectivity index (χ3n) is 4.21. The first kappa shape index (κ1) is 15.5. The van der Waals surface area contributed by atoms with E-state index in [1.807, 2.05) is 0 Å². The molecule has 0 aliphatic heterocycles. The van der Waals surface area contributed by atoms with Gasteiger partial charge in [-0.2, -0.15) is 0 Å². The molecule has 0 aromatic rings. The summed E-state index contributed by atoms with van der Waals surface area (Å²) in [6.45, 7) is 9.98. The lowest BCUT2D eigenvalue weighted by Gasteiger charge is -2.34. The highest BCUT2D eigenvalue weighted by Gasteiger charge is 2.24. The quantitative estimate of drug-likeness (QED) is 0.790. The average Bonchev–Trinajstić information content (AvgIpc) is 2.36. The highest BCUT2D eigenvalue weighted by atomic mass is 16.2. The second-order valence-corrected chi connectivity index (χ2v) is 6.14. The molecule has 1 aliphatic carbocycles. The van der Waals surface area contributed by atoms with E-state index in [9.17, 15) is 4.79 Å². The minimum atomic E-state index is -0.0803. The molecule has 1 N–H and O–H groups in total. The lowest BCUT2D eigenvalue weighted by Crippen LogP contribution is -2.49. The summed E-state index contributed by atoms with van der Waals surface area (Å²) in [5.74, 6) is 0.175. The van der Waals surface area contributed by atoms with Crippen LogP contribution in [0.2, 0.25) is 0 Å². The molecular weight excluding hydrogens is 224 g/mol. The Bertz CT molecular complexity index is 257. The second-order valence-electron chi connectivity index (χ2n) is 6.14. The monoisotopic (exact) mass is 254 g/mol. The van der Waals surface area contributed by atoms with Crippen molar-refractivity contribution in [1.29, 1.82) is 0 Å². The highest BCUT2D eigenvalue weighted by Crippen LogP contribution is 2.22. The van der Waals surface area contributed by atoms with Crippen molar-refractivity contribution in [3.05, 3.63) is 0 Å². The minimum Gasteiger partial charge on any atom is -0.350 e. The van der Waals surface area contributed by atoms with Crippen LogP contribution in [0.3, 0.4) is 0 Å². The zero-order valence-corrected chi connectivity index (χ0v) is 12.6. The number of rotatable bonds is 6. The summed E-state index contributed by atoms with van der Waals surface area (Å²) in [5, 5.41) is 3.13. The lowest BCUT2D eigenvalue weighted by atomic mass is 9.94. The van der Waals surface area contributed by atoms with E-state index in [0.29, 0.717) is 12.6 Å². The molecule has 0 bridgehead atoms. The van der Waals surface area contributed by atoms with Crippen molar-refractivity contribution < 1.29 is 4.79 Å². The summed E-state index contributed by atoms with van der Waals surface area (Å²) in [6.07, 6.45) is 7.50. The molecule has 0 spiro atoms. The summed E-state index contributed by atoms with van der Waals surface area (Å²) in [4.78, 5) is 14.4. The van der Waals surface area contributed by atoms with Gasteiger partial charge in [0.25, 0.3) is 0 Å². The van der Waals surface area contributed by atoms with E-state index >= 15 is 0 Å². The first-order valence-electron chi connectivity index (χ1n) is 7.53. The first-order chi connectivity index (χ1) is 8.48. The summed E-state index contributed by atoms with van der Waals surface area (Å²) >= 11 is 0. The number of amides is 1. The maximum Gasteiger partial charge on any atom is 0.234 e. The van der Waals surface area contributed by atoms with Crippen LogP contribution in [0, 0.1) is 0 Å². The Morgan fingerprint density at radius 1 is 1.22 bits per heavy atom. The van der Waals surface area contributed by atoms with E-state index < -0.39 is 0 Å². The Kier molecular flexibility index (Phi) is 6.13. The Hall–Kier alpha value is -0.570. The zero-order valence-electron chi connectivity index (χ0n) is 12.6. The number of nitrogens with one attached hydrogen (secondary N) is 1. The molecule has 0 aromatic carbocycles. The van der Waals surface area contributed by atoms with E-state index in [-0.39, 0.29) is 11.4 Å². The molecular formula is C15H30N2O. The van der Waals surface area contributed by atoms with Crippen LogP contribution in [0.5, 0.6) is 0 Å². The van der Waals surface area contributed by atoms with Gasteiger partial charge in [-0.1, -0.05) is 33.1 Å². The van der Waals surface area contributed by atoms with Gasteiger partial charge in [-0.15, -0.1) is 0 Å². The Labute approximate surface area is 112 Å². The molecule has 3 heteroatoms. The second kappa shape index (κ2) is 7.13. The number of nitrogens with zero attached hydrogens (tertiary/aromatic N) is 1. The smallest absolute Gasteiger partial charge is 0.234 e. The Morgan fingerprint density at radius 2 is 1.83 bits per heavy atom. The van der Waals surface area contributed by atoms with Crippen molar-refractivity contribution in [3.8, 4) is 0 Å². The molecule has 1 fully saturated rings. The van der Waals surface area contributed by atoms with Gasteiger partial charge < -0.3 is 5.32 Å². The molecule has 0 radical (unpaired) electrons. The van der Waals surface area contributed by atoms with Crippen LogP contribution in [-0.4, -0.2) is 35.5 Å². The number of carbonyl (C=O) groups is 1. The minimum absolute atomic E-state index is 0.0803. The van der Waals surface area contributed by atoms with Gasteiger partial charge in [0.1, 0.15) is 0 Å². The predicted octanol–water partition coefficient (Wildman–Crippen LogP) is 2.95. The van der Waals surface area contributed by atoms with Crippen LogP contribution >= 0.6 is 0 Å². The summed E-state index contributed by atoms with van der Waals surface area (Å²) in [7, 11) is 0. The fourth-order valence-electron chi connectivity index (χ4n) is 2.64. The third kappa shape index (κ3) is 4.97. The molecule has 0 saturated heterocycles. The van der Waals surface area contributed by atoms with Gasteiger partial charge >= 0.3 is 0 Å². The van der Waals surface area contributed by atoms with Crippen molar-refractivity contribution in [2.45, 2.75) is 77.8 Å². The molecule has 1 aliphatic rings. The van der Waals surface area contributed by atoms with Crippen molar-refractivity contribution in [2.75, 3.05) is 13.1 Å². The maximum atomic E-state index is 12.1. The number of hydrogen-bond donors (Lipinski definition) is 1. The topological polar surface area (TPSA) is 32.3 Å². The first-order valence-corrected chi connectivity index (χ1v) is 7.53. The molecule has 0 heterocycles. The number of carbonyl (C=O) groups excluding carboxylic acids is 1. The molecule has 3 nitrogen and oxygen atoms in total. The van der Waals surface area contributed by atoms with Crippen molar-refractivity contribution in [1.82, 2.24) is 10.2 Å². The van der Waals surface area contributed by atoms with Gasteiger partial charge in [0.15, 0.2) is 0 Å². The van der Waals surface area contributed by atoms with E-state index in [0.717, 1.165) is 13.0 Å². The van der Waals surface area contributed by atoms with Gasteiger partial charge in [0.2, 0.25) is 5.91 Å². The normalized spacial score (nSPS) is 18.1. The van der Waals surface area contributed by atoms with Crippen molar-refractivity contribution >= 4 is 5.91 Å². The summed E-state index contributed by atoms with van der Waals surface area (Å²) in [5.41, 5.74) is -0.0803.